The van der Waals surface area contributed by atoms with E-state index in [0.717, 1.165) is 18.8 Å². The van der Waals surface area contributed by atoms with Crippen LogP contribution in [0.4, 0.5) is 0 Å². The Morgan fingerprint density at radius 2 is 2.12 bits per heavy atom. The van der Waals surface area contributed by atoms with E-state index in [9.17, 15) is 4.79 Å². The Hall–Kier alpha value is -0.940. The summed E-state index contributed by atoms with van der Waals surface area (Å²) in [5.41, 5.74) is 6.19. The highest BCUT2D eigenvalue weighted by molar-refractivity contribution is 7.13. The zero-order chi connectivity index (χ0) is 11.7. The summed E-state index contributed by atoms with van der Waals surface area (Å²) < 4.78 is 0. The Morgan fingerprint density at radius 3 is 2.62 bits per heavy atom. The maximum Gasteiger partial charge on any atom is 0.277 e. The van der Waals surface area contributed by atoms with Crippen LogP contribution in [-0.2, 0) is 0 Å². The van der Waals surface area contributed by atoms with Crippen molar-refractivity contribution in [3.63, 3.8) is 0 Å². The van der Waals surface area contributed by atoms with Crippen LogP contribution in [-0.4, -0.2) is 28.9 Å². The molecule has 88 valence electrons. The van der Waals surface area contributed by atoms with Crippen molar-refractivity contribution in [2.75, 3.05) is 13.1 Å². The predicted molar refractivity (Wildman–Crippen MR) is 64.6 cm³/mol. The van der Waals surface area contributed by atoms with Gasteiger partial charge in [0.2, 0.25) is 0 Å². The molecule has 0 bridgehead atoms. The van der Waals surface area contributed by atoms with Crippen LogP contribution in [0, 0.1) is 6.92 Å². The van der Waals surface area contributed by atoms with Gasteiger partial charge in [-0.05, 0) is 39.8 Å². The van der Waals surface area contributed by atoms with Gasteiger partial charge in [0, 0.05) is 10.9 Å². The summed E-state index contributed by atoms with van der Waals surface area (Å²) in [6, 6.07) is 0.355. The Balaban J connectivity index is 2.21. The Labute approximate surface area is 99.5 Å². The summed E-state index contributed by atoms with van der Waals surface area (Å²) in [6.45, 7) is 6.41. The number of carbonyl (C=O) groups is 1. The van der Waals surface area contributed by atoms with Crippen LogP contribution in [0.2, 0.25) is 0 Å². The fourth-order valence-electron chi connectivity index (χ4n) is 2.20. The number of primary amides is 1. The molecule has 1 unspecified atom stereocenters. The normalized spacial score (nSPS) is 18.9. The minimum absolute atomic E-state index is 0.355. The molecule has 1 fully saturated rings. The lowest BCUT2D eigenvalue weighted by Crippen LogP contribution is -2.23. The molecule has 0 radical (unpaired) electrons. The highest BCUT2D eigenvalue weighted by Crippen LogP contribution is 2.31. The van der Waals surface area contributed by atoms with Crippen LogP contribution in [0.3, 0.4) is 0 Å². The number of hydrogen-bond donors (Lipinski definition) is 1. The lowest BCUT2D eigenvalue weighted by Gasteiger charge is -2.22. The lowest BCUT2D eigenvalue weighted by molar-refractivity contribution is 0.1000. The molecular formula is C11H17N3OS. The smallest absolute Gasteiger partial charge is 0.277 e. The minimum atomic E-state index is -0.423. The van der Waals surface area contributed by atoms with Gasteiger partial charge in [0.15, 0.2) is 5.01 Å². The molecule has 2 heterocycles. The molecule has 1 atom stereocenters. The zero-order valence-electron chi connectivity index (χ0n) is 9.69. The van der Waals surface area contributed by atoms with Gasteiger partial charge in [-0.25, -0.2) is 4.98 Å². The van der Waals surface area contributed by atoms with Crippen molar-refractivity contribution in [2.24, 2.45) is 5.73 Å². The SMILES string of the molecule is Cc1nc(C(N)=O)sc1C(C)N1CCCC1. The Kier molecular flexibility index (Phi) is 3.25. The van der Waals surface area contributed by atoms with Crippen molar-refractivity contribution in [1.82, 2.24) is 9.88 Å². The standard InChI is InChI=1S/C11H17N3OS/c1-7-9(16-11(13-7)10(12)15)8(2)14-5-3-4-6-14/h8H,3-6H2,1-2H3,(H2,12,15). The molecule has 0 aliphatic carbocycles. The fourth-order valence-corrected chi connectivity index (χ4v) is 3.20. The summed E-state index contributed by atoms with van der Waals surface area (Å²) in [5.74, 6) is -0.423. The summed E-state index contributed by atoms with van der Waals surface area (Å²) in [7, 11) is 0. The molecule has 1 amide bonds. The van der Waals surface area contributed by atoms with Crippen LogP contribution in [0.25, 0.3) is 0 Å². The van der Waals surface area contributed by atoms with Crippen LogP contribution >= 0.6 is 11.3 Å². The first-order valence-corrected chi connectivity index (χ1v) is 6.42. The van der Waals surface area contributed by atoms with Gasteiger partial charge in [-0.2, -0.15) is 0 Å². The summed E-state index contributed by atoms with van der Waals surface area (Å²) in [4.78, 5) is 18.9. The molecule has 0 aromatic carbocycles. The number of rotatable bonds is 3. The van der Waals surface area contributed by atoms with Crippen molar-refractivity contribution in [3.05, 3.63) is 15.6 Å². The van der Waals surface area contributed by atoms with E-state index in [2.05, 4.69) is 16.8 Å². The first-order valence-electron chi connectivity index (χ1n) is 5.60. The molecule has 1 saturated heterocycles. The van der Waals surface area contributed by atoms with E-state index in [1.165, 1.54) is 29.1 Å². The number of aryl methyl sites for hydroxylation is 1. The quantitative estimate of drug-likeness (QED) is 0.873. The number of aromatic nitrogens is 1. The first kappa shape index (κ1) is 11.5. The topological polar surface area (TPSA) is 59.2 Å². The summed E-state index contributed by atoms with van der Waals surface area (Å²) in [5, 5.41) is 0.429. The molecule has 5 heteroatoms. The summed E-state index contributed by atoms with van der Waals surface area (Å²) in [6.07, 6.45) is 2.54. The van der Waals surface area contributed by atoms with Crippen LogP contribution in [0.1, 0.15) is 46.2 Å². The van der Waals surface area contributed by atoms with Gasteiger partial charge in [0.05, 0.1) is 5.69 Å². The molecule has 1 aromatic rings. The lowest BCUT2D eigenvalue weighted by atomic mass is 10.2. The zero-order valence-corrected chi connectivity index (χ0v) is 10.5. The molecule has 1 aliphatic rings. The number of nitrogens with two attached hydrogens (primary N) is 1. The average molecular weight is 239 g/mol. The molecular weight excluding hydrogens is 222 g/mol. The van der Waals surface area contributed by atoms with Crippen molar-refractivity contribution in [1.29, 1.82) is 0 Å². The molecule has 0 saturated carbocycles. The Bertz CT molecular complexity index is 396. The molecule has 4 nitrogen and oxygen atoms in total. The van der Waals surface area contributed by atoms with E-state index in [1.807, 2.05) is 6.92 Å². The van der Waals surface area contributed by atoms with Gasteiger partial charge in [0.1, 0.15) is 0 Å². The minimum Gasteiger partial charge on any atom is -0.364 e. The molecule has 2 N–H and O–H groups in total. The number of thiazole rings is 1. The second-order valence-electron chi connectivity index (χ2n) is 4.25. The highest BCUT2D eigenvalue weighted by atomic mass is 32.1. The van der Waals surface area contributed by atoms with Crippen molar-refractivity contribution < 1.29 is 4.79 Å². The molecule has 0 spiro atoms. The monoisotopic (exact) mass is 239 g/mol. The average Bonchev–Trinajstić information content (AvgIpc) is 2.84. The van der Waals surface area contributed by atoms with Crippen LogP contribution < -0.4 is 5.73 Å². The van der Waals surface area contributed by atoms with Gasteiger partial charge in [-0.1, -0.05) is 0 Å². The second-order valence-corrected chi connectivity index (χ2v) is 5.28. The fraction of sp³-hybridized carbons (Fsp3) is 0.636. The highest BCUT2D eigenvalue weighted by Gasteiger charge is 2.24. The van der Waals surface area contributed by atoms with E-state index in [-0.39, 0.29) is 0 Å². The second kappa shape index (κ2) is 4.51. The number of likely N-dealkylation sites (tertiary alicyclic amines) is 1. The van der Waals surface area contributed by atoms with Crippen molar-refractivity contribution >= 4 is 17.2 Å². The molecule has 16 heavy (non-hydrogen) atoms. The van der Waals surface area contributed by atoms with Gasteiger partial charge < -0.3 is 5.73 Å². The maximum absolute atomic E-state index is 11.1. The van der Waals surface area contributed by atoms with E-state index < -0.39 is 5.91 Å². The van der Waals surface area contributed by atoms with E-state index >= 15 is 0 Å². The van der Waals surface area contributed by atoms with Crippen LogP contribution in [0.15, 0.2) is 0 Å². The number of amides is 1. The third-order valence-electron chi connectivity index (χ3n) is 3.11. The molecule has 1 aliphatic heterocycles. The van der Waals surface area contributed by atoms with E-state index in [0.29, 0.717) is 11.0 Å². The summed E-state index contributed by atoms with van der Waals surface area (Å²) >= 11 is 1.44. The maximum atomic E-state index is 11.1. The van der Waals surface area contributed by atoms with Crippen LogP contribution in [0.5, 0.6) is 0 Å². The van der Waals surface area contributed by atoms with Gasteiger partial charge in [0.25, 0.3) is 5.91 Å². The van der Waals surface area contributed by atoms with Crippen molar-refractivity contribution in [3.8, 4) is 0 Å². The van der Waals surface area contributed by atoms with Gasteiger partial charge >= 0.3 is 0 Å². The third-order valence-corrected chi connectivity index (χ3v) is 4.45. The van der Waals surface area contributed by atoms with E-state index in [1.54, 1.807) is 0 Å². The van der Waals surface area contributed by atoms with Gasteiger partial charge in [-0.3, -0.25) is 9.69 Å². The Morgan fingerprint density at radius 1 is 1.50 bits per heavy atom. The van der Waals surface area contributed by atoms with Crippen molar-refractivity contribution in [2.45, 2.75) is 32.7 Å². The number of carbonyl (C=O) groups excluding carboxylic acids is 1. The largest absolute Gasteiger partial charge is 0.364 e. The number of nitrogens with zero attached hydrogens (tertiary/aromatic N) is 2. The predicted octanol–water partition coefficient (Wildman–Crippen LogP) is 1.71. The third kappa shape index (κ3) is 2.10. The first-order chi connectivity index (χ1) is 7.59. The molecule has 2 rings (SSSR count). The number of hydrogen-bond acceptors (Lipinski definition) is 4. The molecule has 1 aromatic heterocycles. The van der Waals surface area contributed by atoms with Gasteiger partial charge in [-0.15, -0.1) is 11.3 Å². The van der Waals surface area contributed by atoms with E-state index in [4.69, 9.17) is 5.73 Å².